The number of fused-ring (bicyclic) bond motifs is 1. The van der Waals surface area contributed by atoms with Gasteiger partial charge in [-0.05, 0) is 34.1 Å². The molecule has 0 fully saturated rings. The van der Waals surface area contributed by atoms with Crippen LogP contribution in [0, 0.1) is 10.1 Å². The Balaban J connectivity index is 2.19. The third-order valence-electron chi connectivity index (χ3n) is 3.86. The fourth-order valence-electron chi connectivity index (χ4n) is 2.56. The first-order valence-corrected chi connectivity index (χ1v) is 8.60. The van der Waals surface area contributed by atoms with E-state index in [1.807, 2.05) is 5.32 Å². The van der Waals surface area contributed by atoms with Crippen LogP contribution in [0.4, 0.5) is 24.5 Å². The van der Waals surface area contributed by atoms with Crippen LogP contribution in [0.3, 0.4) is 0 Å². The Morgan fingerprint density at radius 2 is 1.83 bits per heavy atom. The van der Waals surface area contributed by atoms with Gasteiger partial charge in [-0.3, -0.25) is 19.7 Å². The van der Waals surface area contributed by atoms with E-state index in [2.05, 4.69) is 25.9 Å². The predicted molar refractivity (Wildman–Crippen MR) is 97.8 cm³/mol. The van der Waals surface area contributed by atoms with Crippen LogP contribution in [0.1, 0.15) is 21.5 Å². The van der Waals surface area contributed by atoms with Crippen LogP contribution in [-0.2, 0) is 20.6 Å². The lowest BCUT2D eigenvalue weighted by molar-refractivity contribution is -0.386. The number of nitro groups is 1. The number of alkyl halides is 3. The summed E-state index contributed by atoms with van der Waals surface area (Å²) >= 11 is 2.53. The van der Waals surface area contributed by atoms with Crippen LogP contribution in [0.2, 0.25) is 0 Å². The molecule has 2 aromatic rings. The number of nitrogens with zero attached hydrogens (tertiary/aromatic N) is 2. The predicted octanol–water partition coefficient (Wildman–Crippen LogP) is 3.46. The summed E-state index contributed by atoms with van der Waals surface area (Å²) in [5.41, 5.74) is -5.02. The lowest BCUT2D eigenvalue weighted by Gasteiger charge is -2.20. The molecule has 0 spiro atoms. The standard InChI is InChI=1S/C17H7BrF3N3O6/c18-11-8(17(19,20)21)6-9-10(13(11)24(28)29)12(14(25)15(26)22-9)23-30-16(27)7-4-2-1-3-5-7/h1-6H,(H,22,26). The topological polar surface area (TPSA) is 128 Å². The summed E-state index contributed by atoms with van der Waals surface area (Å²) in [6, 6.07) is 7.71. The average Bonchev–Trinajstić information content (AvgIpc) is 2.67. The second kappa shape index (κ2) is 7.67. The summed E-state index contributed by atoms with van der Waals surface area (Å²) in [4.78, 5) is 51.0. The van der Waals surface area contributed by atoms with Gasteiger partial charge in [-0.2, -0.15) is 13.2 Å². The molecule has 1 amide bonds. The minimum absolute atomic E-state index is 0.0119. The first-order chi connectivity index (χ1) is 14.0. The second-order valence-electron chi connectivity index (χ2n) is 5.73. The van der Waals surface area contributed by atoms with E-state index in [-0.39, 0.29) is 5.56 Å². The quantitative estimate of drug-likeness (QED) is 0.307. The minimum Gasteiger partial charge on any atom is -0.318 e. The summed E-state index contributed by atoms with van der Waals surface area (Å²) in [5, 5.41) is 16.6. The van der Waals surface area contributed by atoms with Crippen molar-refractivity contribution in [2.75, 3.05) is 5.32 Å². The highest BCUT2D eigenvalue weighted by molar-refractivity contribution is 9.10. The first kappa shape index (κ1) is 21.1. The molecule has 0 aromatic heterocycles. The van der Waals surface area contributed by atoms with Crippen molar-refractivity contribution in [1.29, 1.82) is 0 Å². The Bertz CT molecular complexity index is 1130. The van der Waals surface area contributed by atoms with Gasteiger partial charge in [0.25, 0.3) is 17.4 Å². The molecular weight excluding hydrogens is 479 g/mol. The summed E-state index contributed by atoms with van der Waals surface area (Å²) in [6.07, 6.45) is -5.01. The van der Waals surface area contributed by atoms with Gasteiger partial charge in [-0.25, -0.2) is 4.79 Å². The van der Waals surface area contributed by atoms with E-state index in [1.54, 1.807) is 6.07 Å². The van der Waals surface area contributed by atoms with Crippen LogP contribution in [0.25, 0.3) is 0 Å². The van der Waals surface area contributed by atoms with Crippen molar-refractivity contribution in [3.05, 3.63) is 67.7 Å². The van der Waals surface area contributed by atoms with E-state index in [1.165, 1.54) is 24.3 Å². The Morgan fingerprint density at radius 1 is 1.20 bits per heavy atom. The number of carbonyl (C=O) groups is 3. The fourth-order valence-corrected chi connectivity index (χ4v) is 3.24. The van der Waals surface area contributed by atoms with E-state index in [9.17, 15) is 37.7 Å². The molecule has 1 N–H and O–H groups in total. The normalized spacial score (nSPS) is 14.9. The van der Waals surface area contributed by atoms with Crippen LogP contribution >= 0.6 is 15.9 Å². The maximum atomic E-state index is 13.2. The van der Waals surface area contributed by atoms with Gasteiger partial charge in [-0.15, -0.1) is 0 Å². The minimum atomic E-state index is -5.01. The molecule has 154 valence electrons. The van der Waals surface area contributed by atoms with Gasteiger partial charge in [0.15, 0.2) is 5.71 Å². The zero-order valence-corrected chi connectivity index (χ0v) is 15.9. The number of hydrogen-bond donors (Lipinski definition) is 1. The smallest absolute Gasteiger partial charge is 0.318 e. The van der Waals surface area contributed by atoms with Crippen molar-refractivity contribution in [2.45, 2.75) is 6.18 Å². The maximum absolute atomic E-state index is 13.2. The molecule has 0 saturated carbocycles. The van der Waals surface area contributed by atoms with Crippen molar-refractivity contribution < 1.29 is 37.3 Å². The monoisotopic (exact) mass is 485 g/mol. The molecule has 0 radical (unpaired) electrons. The number of oxime groups is 1. The Hall–Kier alpha value is -3.61. The molecule has 0 aliphatic carbocycles. The number of hydrogen-bond acceptors (Lipinski definition) is 7. The lowest BCUT2D eigenvalue weighted by Crippen LogP contribution is -2.37. The molecule has 1 aliphatic rings. The number of anilines is 1. The number of ketones is 1. The van der Waals surface area contributed by atoms with E-state index >= 15 is 0 Å². The van der Waals surface area contributed by atoms with Crippen molar-refractivity contribution in [3.63, 3.8) is 0 Å². The molecule has 0 unspecified atom stereocenters. The summed E-state index contributed by atoms with van der Waals surface area (Å²) < 4.78 is 38.7. The number of halogens is 4. The van der Waals surface area contributed by atoms with Crippen molar-refractivity contribution >= 4 is 50.7 Å². The molecule has 9 nitrogen and oxygen atoms in total. The van der Waals surface area contributed by atoms with Gasteiger partial charge in [0.05, 0.1) is 21.7 Å². The zero-order valence-electron chi connectivity index (χ0n) is 14.3. The molecule has 0 saturated heterocycles. The van der Waals surface area contributed by atoms with Gasteiger partial charge in [-0.1, -0.05) is 23.4 Å². The van der Waals surface area contributed by atoms with Crippen molar-refractivity contribution in [3.8, 4) is 0 Å². The number of benzene rings is 2. The average molecular weight is 486 g/mol. The molecule has 1 aliphatic heterocycles. The van der Waals surface area contributed by atoms with E-state index < -0.39 is 61.4 Å². The zero-order chi connectivity index (χ0) is 22.2. The molecular formula is C17H7BrF3N3O6. The summed E-state index contributed by atoms with van der Waals surface area (Å²) in [5.74, 6) is -3.89. The number of rotatable bonds is 3. The molecule has 1 heterocycles. The Morgan fingerprint density at radius 3 is 2.40 bits per heavy atom. The van der Waals surface area contributed by atoms with E-state index in [4.69, 9.17) is 0 Å². The number of Topliss-reactive ketones (excluding diaryl/α,β-unsaturated/α-hetero) is 1. The summed E-state index contributed by atoms with van der Waals surface area (Å²) in [6.45, 7) is 0. The van der Waals surface area contributed by atoms with Crippen LogP contribution < -0.4 is 5.32 Å². The lowest BCUT2D eigenvalue weighted by atomic mass is 9.95. The number of nitro benzene ring substituents is 1. The summed E-state index contributed by atoms with van der Waals surface area (Å²) in [7, 11) is 0. The molecule has 3 rings (SSSR count). The maximum Gasteiger partial charge on any atom is 0.417 e. The number of carbonyl (C=O) groups excluding carboxylic acids is 3. The van der Waals surface area contributed by atoms with Crippen LogP contribution in [0.5, 0.6) is 0 Å². The molecule has 0 bridgehead atoms. The number of nitrogens with one attached hydrogen (secondary N) is 1. The Labute approximate surface area is 172 Å². The fraction of sp³-hybridized carbons (Fsp3) is 0.0588. The highest BCUT2D eigenvalue weighted by atomic mass is 79.9. The highest BCUT2D eigenvalue weighted by Crippen LogP contribution is 2.45. The second-order valence-corrected chi connectivity index (χ2v) is 6.53. The molecule has 0 atom stereocenters. The third kappa shape index (κ3) is 3.78. The first-order valence-electron chi connectivity index (χ1n) is 7.81. The molecule has 30 heavy (non-hydrogen) atoms. The van der Waals surface area contributed by atoms with Crippen molar-refractivity contribution in [2.24, 2.45) is 5.16 Å². The highest BCUT2D eigenvalue weighted by Gasteiger charge is 2.44. The van der Waals surface area contributed by atoms with Gasteiger partial charge in [0, 0.05) is 0 Å². The third-order valence-corrected chi connectivity index (χ3v) is 4.67. The van der Waals surface area contributed by atoms with E-state index in [0.717, 1.165) is 0 Å². The van der Waals surface area contributed by atoms with E-state index in [0.29, 0.717) is 6.07 Å². The van der Waals surface area contributed by atoms with Gasteiger partial charge in [0.2, 0.25) is 0 Å². The van der Waals surface area contributed by atoms with Gasteiger partial charge < -0.3 is 10.2 Å². The SMILES string of the molecule is O=C1Nc2cc(C(F)(F)F)c(Br)c([N+](=O)[O-])c2C(=NOC(=O)c2ccccc2)C1=O. The van der Waals surface area contributed by atoms with Gasteiger partial charge in [0.1, 0.15) is 10.0 Å². The largest absolute Gasteiger partial charge is 0.417 e. The Kier molecular flexibility index (Phi) is 5.39. The number of amides is 1. The molecule has 13 heteroatoms. The molecule has 2 aromatic carbocycles. The van der Waals surface area contributed by atoms with Gasteiger partial charge >= 0.3 is 12.1 Å². The van der Waals surface area contributed by atoms with Crippen LogP contribution in [0.15, 0.2) is 46.0 Å². The van der Waals surface area contributed by atoms with Crippen molar-refractivity contribution in [1.82, 2.24) is 0 Å². The van der Waals surface area contributed by atoms with Crippen LogP contribution in [-0.4, -0.2) is 28.3 Å².